The quantitative estimate of drug-likeness (QED) is 0.866. The van der Waals surface area contributed by atoms with Crippen molar-refractivity contribution < 1.29 is 14.3 Å². The van der Waals surface area contributed by atoms with Gasteiger partial charge in [0.2, 0.25) is 0 Å². The van der Waals surface area contributed by atoms with Crippen LogP contribution >= 0.6 is 11.6 Å². The summed E-state index contributed by atoms with van der Waals surface area (Å²) in [6, 6.07) is 3.52. The van der Waals surface area contributed by atoms with Crippen LogP contribution in [0, 0.1) is 11.7 Å². The summed E-state index contributed by atoms with van der Waals surface area (Å²) in [7, 11) is 0. The fraction of sp³-hybridized carbons (Fsp3) is 0.462. The zero-order valence-corrected chi connectivity index (χ0v) is 11.3. The monoisotopic (exact) mass is 273 g/mol. The van der Waals surface area contributed by atoms with Gasteiger partial charge in [0.1, 0.15) is 11.9 Å². The van der Waals surface area contributed by atoms with Gasteiger partial charge >= 0.3 is 5.97 Å². The third-order valence-electron chi connectivity index (χ3n) is 2.81. The van der Waals surface area contributed by atoms with Gasteiger partial charge in [-0.05, 0) is 30.5 Å². The Morgan fingerprint density at radius 2 is 2.00 bits per heavy atom. The van der Waals surface area contributed by atoms with Crippen LogP contribution in [0.25, 0.3) is 0 Å². The molecular weight excluding hydrogens is 257 g/mol. The van der Waals surface area contributed by atoms with Gasteiger partial charge in [-0.2, -0.15) is 0 Å². The first kappa shape index (κ1) is 14.9. The fourth-order valence-electron chi connectivity index (χ4n) is 1.70. The zero-order valence-electron chi connectivity index (χ0n) is 10.6. The molecule has 0 amide bonds. The van der Waals surface area contributed by atoms with Crippen LogP contribution in [0.5, 0.6) is 0 Å². The number of hydrogen-bond donors (Lipinski definition) is 2. The maximum atomic E-state index is 13.0. The third kappa shape index (κ3) is 3.68. The molecule has 0 radical (unpaired) electrons. The van der Waals surface area contributed by atoms with Gasteiger partial charge in [0.15, 0.2) is 0 Å². The third-order valence-corrected chi connectivity index (χ3v) is 3.10. The highest BCUT2D eigenvalue weighted by Crippen LogP contribution is 2.21. The summed E-state index contributed by atoms with van der Waals surface area (Å²) in [4.78, 5) is 11.1. The van der Waals surface area contributed by atoms with E-state index in [2.05, 4.69) is 5.32 Å². The topological polar surface area (TPSA) is 49.3 Å². The van der Waals surface area contributed by atoms with Gasteiger partial charge in [-0.3, -0.25) is 10.1 Å². The second-order valence-corrected chi connectivity index (χ2v) is 5.03. The first-order valence-corrected chi connectivity index (χ1v) is 6.14. The molecule has 2 unspecified atom stereocenters. The van der Waals surface area contributed by atoms with E-state index in [1.807, 2.05) is 20.8 Å². The number of benzene rings is 1. The van der Waals surface area contributed by atoms with Crippen LogP contribution in [0.1, 0.15) is 32.4 Å². The van der Waals surface area contributed by atoms with E-state index in [0.717, 1.165) is 5.56 Å². The van der Waals surface area contributed by atoms with E-state index in [4.69, 9.17) is 16.7 Å². The van der Waals surface area contributed by atoms with E-state index in [1.54, 1.807) is 6.07 Å². The second kappa shape index (κ2) is 6.16. The van der Waals surface area contributed by atoms with Gasteiger partial charge < -0.3 is 5.11 Å². The normalized spacial score (nSPS) is 14.6. The summed E-state index contributed by atoms with van der Waals surface area (Å²) in [5.41, 5.74) is 0.758. The molecule has 1 aromatic carbocycles. The number of aliphatic carboxylic acids is 1. The number of hydrogen-bond acceptors (Lipinski definition) is 2. The molecule has 100 valence electrons. The van der Waals surface area contributed by atoms with Crippen molar-refractivity contribution in [2.24, 2.45) is 5.92 Å². The first-order chi connectivity index (χ1) is 8.32. The molecule has 2 N–H and O–H groups in total. The van der Waals surface area contributed by atoms with E-state index in [9.17, 15) is 9.18 Å². The molecule has 0 bridgehead atoms. The smallest absolute Gasteiger partial charge is 0.320 e. The van der Waals surface area contributed by atoms with E-state index in [-0.39, 0.29) is 17.0 Å². The Balaban J connectivity index is 2.83. The lowest BCUT2D eigenvalue weighted by Gasteiger charge is -2.23. The number of carboxylic acids is 1. The lowest BCUT2D eigenvalue weighted by atomic mass is 10.0. The molecule has 0 fully saturated rings. The van der Waals surface area contributed by atoms with Gasteiger partial charge in [-0.1, -0.05) is 31.5 Å². The lowest BCUT2D eigenvalue weighted by Crippen LogP contribution is -2.42. The van der Waals surface area contributed by atoms with Crippen LogP contribution < -0.4 is 5.32 Å². The van der Waals surface area contributed by atoms with E-state index < -0.39 is 17.8 Å². The Kier molecular flexibility index (Phi) is 5.11. The summed E-state index contributed by atoms with van der Waals surface area (Å²) in [5.74, 6) is -1.42. The lowest BCUT2D eigenvalue weighted by molar-refractivity contribution is -0.140. The number of halogens is 2. The Morgan fingerprint density at radius 3 is 2.44 bits per heavy atom. The highest BCUT2D eigenvalue weighted by molar-refractivity contribution is 6.30. The van der Waals surface area contributed by atoms with Gasteiger partial charge in [-0.25, -0.2) is 4.39 Å². The predicted octanol–water partition coefficient (Wildman–Crippen LogP) is 3.24. The van der Waals surface area contributed by atoms with Gasteiger partial charge in [0.05, 0.1) is 5.02 Å². The summed E-state index contributed by atoms with van der Waals surface area (Å²) >= 11 is 5.70. The number of carbonyl (C=O) groups is 1. The molecule has 3 nitrogen and oxygen atoms in total. The van der Waals surface area contributed by atoms with Crippen LogP contribution in [0.2, 0.25) is 5.02 Å². The van der Waals surface area contributed by atoms with Crippen LogP contribution in [-0.4, -0.2) is 17.1 Å². The maximum absolute atomic E-state index is 13.0. The molecule has 0 aliphatic carbocycles. The van der Waals surface area contributed by atoms with Crippen molar-refractivity contribution in [1.29, 1.82) is 0 Å². The van der Waals surface area contributed by atoms with Crippen molar-refractivity contribution in [3.8, 4) is 0 Å². The van der Waals surface area contributed by atoms with Gasteiger partial charge in [0, 0.05) is 6.04 Å². The van der Waals surface area contributed by atoms with Crippen LogP contribution in [0.4, 0.5) is 4.39 Å². The molecule has 1 aromatic rings. The Hall–Kier alpha value is -1.13. The minimum absolute atomic E-state index is 0.0394. The van der Waals surface area contributed by atoms with E-state index >= 15 is 0 Å². The molecule has 0 spiro atoms. The van der Waals surface area contributed by atoms with Gasteiger partial charge in [0.25, 0.3) is 0 Å². The van der Waals surface area contributed by atoms with Crippen molar-refractivity contribution >= 4 is 17.6 Å². The molecule has 2 atom stereocenters. The molecule has 18 heavy (non-hydrogen) atoms. The highest BCUT2D eigenvalue weighted by atomic mass is 35.5. The Bertz CT molecular complexity index is 437. The fourth-order valence-corrected chi connectivity index (χ4v) is 1.89. The average molecular weight is 274 g/mol. The summed E-state index contributed by atoms with van der Waals surface area (Å²) in [6.07, 6.45) is 0. The van der Waals surface area contributed by atoms with Crippen molar-refractivity contribution in [2.75, 3.05) is 0 Å². The molecule has 0 saturated heterocycles. The maximum Gasteiger partial charge on any atom is 0.320 e. The van der Waals surface area contributed by atoms with E-state index in [0.29, 0.717) is 0 Å². The SMILES string of the molecule is CC(NC(C(=O)O)C(C)C)c1ccc(F)c(Cl)c1. The number of rotatable bonds is 5. The summed E-state index contributed by atoms with van der Waals surface area (Å²) in [5, 5.41) is 12.1. The highest BCUT2D eigenvalue weighted by Gasteiger charge is 2.23. The molecule has 5 heteroatoms. The molecule has 1 rings (SSSR count). The molecule has 0 aliphatic rings. The van der Waals surface area contributed by atoms with Gasteiger partial charge in [-0.15, -0.1) is 0 Å². The van der Waals surface area contributed by atoms with Crippen LogP contribution in [-0.2, 0) is 4.79 Å². The number of carboxylic acid groups (broad SMARTS) is 1. The minimum Gasteiger partial charge on any atom is -0.480 e. The van der Waals surface area contributed by atoms with E-state index in [1.165, 1.54) is 12.1 Å². The molecular formula is C13H17ClFNO2. The van der Waals surface area contributed by atoms with Crippen LogP contribution in [0.3, 0.4) is 0 Å². The minimum atomic E-state index is -0.898. The Morgan fingerprint density at radius 1 is 1.39 bits per heavy atom. The predicted molar refractivity (Wildman–Crippen MR) is 69.2 cm³/mol. The zero-order chi connectivity index (χ0) is 13.9. The Labute approximate surface area is 111 Å². The molecule has 0 saturated carbocycles. The molecule has 0 heterocycles. The summed E-state index contributed by atoms with van der Waals surface area (Å²) in [6.45, 7) is 5.48. The van der Waals surface area contributed by atoms with Crippen molar-refractivity contribution in [2.45, 2.75) is 32.9 Å². The molecule has 0 aromatic heterocycles. The van der Waals surface area contributed by atoms with Crippen LogP contribution in [0.15, 0.2) is 18.2 Å². The molecule has 0 aliphatic heterocycles. The number of nitrogens with one attached hydrogen (secondary N) is 1. The second-order valence-electron chi connectivity index (χ2n) is 4.62. The average Bonchev–Trinajstić information content (AvgIpc) is 2.28. The standard InChI is InChI=1S/C13H17ClFNO2/c1-7(2)12(13(17)18)16-8(3)9-4-5-11(15)10(14)6-9/h4-8,12,16H,1-3H3,(H,17,18). The first-order valence-electron chi connectivity index (χ1n) is 5.76. The largest absolute Gasteiger partial charge is 0.480 e. The summed E-state index contributed by atoms with van der Waals surface area (Å²) < 4.78 is 13.0. The van der Waals surface area contributed by atoms with Crippen molar-refractivity contribution in [1.82, 2.24) is 5.32 Å². The van der Waals surface area contributed by atoms with Crippen molar-refractivity contribution in [3.05, 3.63) is 34.6 Å². The van der Waals surface area contributed by atoms with Crippen molar-refractivity contribution in [3.63, 3.8) is 0 Å².